The molecule has 1 atom stereocenters. The number of hydrogen-bond acceptors (Lipinski definition) is 3. The fraction of sp³-hybridized carbons (Fsp3) is 0.0667. The van der Waals surface area contributed by atoms with Crippen LogP contribution in [0.1, 0.15) is 16.5 Å². The first-order valence-corrected chi connectivity index (χ1v) is 6.89. The van der Waals surface area contributed by atoms with Crippen LogP contribution >= 0.6 is 11.3 Å². The largest absolute Gasteiger partial charge is 0.271 e. The molecule has 0 saturated carbocycles. The van der Waals surface area contributed by atoms with Crippen molar-refractivity contribution in [2.45, 2.75) is 6.04 Å². The summed E-state index contributed by atoms with van der Waals surface area (Å²) in [5, 5.41) is 1.09. The Morgan fingerprint density at radius 2 is 1.70 bits per heavy atom. The van der Waals surface area contributed by atoms with Crippen molar-refractivity contribution in [2.24, 2.45) is 5.84 Å². The van der Waals surface area contributed by atoms with Crippen LogP contribution in [0.2, 0.25) is 0 Å². The molecule has 2 aromatic carbocycles. The van der Waals surface area contributed by atoms with E-state index in [-0.39, 0.29) is 0 Å². The maximum Gasteiger partial charge on any atom is 0.126 e. The van der Waals surface area contributed by atoms with Gasteiger partial charge >= 0.3 is 0 Å². The van der Waals surface area contributed by atoms with Crippen LogP contribution in [0.25, 0.3) is 10.1 Å². The number of nitrogens with two attached hydrogens (primary N) is 1. The van der Waals surface area contributed by atoms with Crippen molar-refractivity contribution in [3.05, 3.63) is 70.6 Å². The lowest BCUT2D eigenvalue weighted by atomic mass is 10.1. The Labute approximate surface area is 118 Å². The highest BCUT2D eigenvalue weighted by molar-refractivity contribution is 7.19. The molecule has 0 aliphatic heterocycles. The third-order valence-electron chi connectivity index (χ3n) is 3.11. The molecule has 0 radical (unpaired) electrons. The van der Waals surface area contributed by atoms with Gasteiger partial charge < -0.3 is 0 Å². The molecular formula is C15H12F2N2S. The predicted molar refractivity (Wildman–Crippen MR) is 77.3 cm³/mol. The summed E-state index contributed by atoms with van der Waals surface area (Å²) in [6.07, 6.45) is 0. The summed E-state index contributed by atoms with van der Waals surface area (Å²) in [4.78, 5) is 0.915. The summed E-state index contributed by atoms with van der Waals surface area (Å²) in [6, 6.07) is 12.9. The van der Waals surface area contributed by atoms with Crippen molar-refractivity contribution < 1.29 is 8.78 Å². The van der Waals surface area contributed by atoms with Crippen molar-refractivity contribution in [1.29, 1.82) is 0 Å². The Bertz CT molecular complexity index is 701. The average molecular weight is 290 g/mol. The van der Waals surface area contributed by atoms with E-state index in [1.165, 1.54) is 12.1 Å². The number of nitrogens with one attached hydrogen (secondary N) is 1. The molecule has 5 heteroatoms. The summed E-state index contributed by atoms with van der Waals surface area (Å²) >= 11 is 1.55. The smallest absolute Gasteiger partial charge is 0.126 e. The van der Waals surface area contributed by atoms with Gasteiger partial charge in [0.1, 0.15) is 11.6 Å². The van der Waals surface area contributed by atoms with E-state index in [9.17, 15) is 8.78 Å². The monoisotopic (exact) mass is 290 g/mol. The fourth-order valence-corrected chi connectivity index (χ4v) is 3.38. The average Bonchev–Trinajstić information content (AvgIpc) is 2.81. The van der Waals surface area contributed by atoms with E-state index in [4.69, 9.17) is 5.84 Å². The zero-order valence-electron chi connectivity index (χ0n) is 10.4. The summed E-state index contributed by atoms with van der Waals surface area (Å²) < 4.78 is 27.8. The number of fused-ring (bicyclic) bond motifs is 1. The summed E-state index contributed by atoms with van der Waals surface area (Å²) in [7, 11) is 0. The molecule has 20 heavy (non-hydrogen) atoms. The number of thiophene rings is 1. The first-order chi connectivity index (χ1) is 9.67. The Morgan fingerprint density at radius 3 is 2.35 bits per heavy atom. The highest BCUT2D eigenvalue weighted by Crippen LogP contribution is 2.33. The molecule has 1 unspecified atom stereocenters. The van der Waals surface area contributed by atoms with Gasteiger partial charge in [0.15, 0.2) is 0 Å². The molecule has 102 valence electrons. The number of hydrogen-bond donors (Lipinski definition) is 2. The molecular weight excluding hydrogens is 278 g/mol. The molecule has 0 aliphatic carbocycles. The van der Waals surface area contributed by atoms with E-state index in [1.807, 2.05) is 30.3 Å². The second-order valence-electron chi connectivity index (χ2n) is 4.49. The SMILES string of the molecule is NNC(c1cc(F)cc(F)c1)c1cc2ccccc2s1. The van der Waals surface area contributed by atoms with Crippen LogP contribution in [0, 0.1) is 11.6 Å². The van der Waals surface area contributed by atoms with Crippen molar-refractivity contribution in [2.75, 3.05) is 0 Å². The van der Waals surface area contributed by atoms with Gasteiger partial charge in [0.2, 0.25) is 0 Å². The molecule has 1 aromatic heterocycles. The number of rotatable bonds is 3. The molecule has 3 N–H and O–H groups in total. The fourth-order valence-electron chi connectivity index (χ4n) is 2.23. The van der Waals surface area contributed by atoms with Gasteiger partial charge in [-0.1, -0.05) is 18.2 Å². The van der Waals surface area contributed by atoms with E-state index >= 15 is 0 Å². The molecule has 0 saturated heterocycles. The van der Waals surface area contributed by atoms with E-state index in [0.717, 1.165) is 21.0 Å². The molecule has 0 spiro atoms. The normalized spacial score (nSPS) is 12.8. The lowest BCUT2D eigenvalue weighted by Gasteiger charge is -2.14. The van der Waals surface area contributed by atoms with Gasteiger partial charge in [-0.2, -0.15) is 0 Å². The Kier molecular flexibility index (Phi) is 3.48. The molecule has 2 nitrogen and oxygen atoms in total. The van der Waals surface area contributed by atoms with Gasteiger partial charge in [0, 0.05) is 15.6 Å². The number of halogens is 2. The highest BCUT2D eigenvalue weighted by Gasteiger charge is 2.17. The van der Waals surface area contributed by atoms with Crippen LogP contribution in [0.15, 0.2) is 48.5 Å². The van der Waals surface area contributed by atoms with E-state index in [2.05, 4.69) is 5.43 Å². The summed E-state index contributed by atoms with van der Waals surface area (Å²) in [5.74, 6) is 4.35. The van der Waals surface area contributed by atoms with E-state index in [0.29, 0.717) is 5.56 Å². The van der Waals surface area contributed by atoms with E-state index in [1.54, 1.807) is 11.3 Å². The van der Waals surface area contributed by atoms with Gasteiger partial charge in [-0.05, 0) is 35.2 Å². The zero-order chi connectivity index (χ0) is 14.1. The van der Waals surface area contributed by atoms with Crippen molar-refractivity contribution in [3.63, 3.8) is 0 Å². The zero-order valence-corrected chi connectivity index (χ0v) is 11.3. The first kappa shape index (κ1) is 13.2. The predicted octanol–water partition coefficient (Wildman–Crippen LogP) is 3.73. The number of benzene rings is 2. The molecule has 0 amide bonds. The molecule has 1 heterocycles. The van der Waals surface area contributed by atoms with Crippen LogP contribution in [-0.2, 0) is 0 Å². The second kappa shape index (κ2) is 5.28. The van der Waals surface area contributed by atoms with Gasteiger partial charge in [-0.3, -0.25) is 5.84 Å². The highest BCUT2D eigenvalue weighted by atomic mass is 32.1. The maximum absolute atomic E-state index is 13.3. The van der Waals surface area contributed by atoms with Crippen molar-refractivity contribution in [1.82, 2.24) is 5.43 Å². The minimum absolute atomic E-state index is 0.433. The molecule has 0 aliphatic rings. The first-order valence-electron chi connectivity index (χ1n) is 6.08. The Hall–Kier alpha value is -1.82. The minimum atomic E-state index is -0.610. The Balaban J connectivity index is 2.08. The van der Waals surface area contributed by atoms with Gasteiger partial charge in [0.05, 0.1) is 6.04 Å². The van der Waals surface area contributed by atoms with Crippen LogP contribution in [-0.4, -0.2) is 0 Å². The van der Waals surface area contributed by atoms with Crippen molar-refractivity contribution in [3.8, 4) is 0 Å². The summed E-state index contributed by atoms with van der Waals surface area (Å²) in [6.45, 7) is 0. The number of hydrazine groups is 1. The van der Waals surface area contributed by atoms with Gasteiger partial charge in [-0.15, -0.1) is 11.3 Å². The van der Waals surface area contributed by atoms with Gasteiger partial charge in [0.25, 0.3) is 0 Å². The van der Waals surface area contributed by atoms with Crippen molar-refractivity contribution >= 4 is 21.4 Å². The third-order valence-corrected chi connectivity index (χ3v) is 4.29. The Morgan fingerprint density at radius 1 is 1.00 bits per heavy atom. The maximum atomic E-state index is 13.3. The molecule has 0 fully saturated rings. The van der Waals surface area contributed by atoms with E-state index < -0.39 is 17.7 Å². The molecule has 0 bridgehead atoms. The van der Waals surface area contributed by atoms with Crippen LogP contribution < -0.4 is 11.3 Å². The lowest BCUT2D eigenvalue weighted by Crippen LogP contribution is -2.28. The third kappa shape index (κ3) is 2.43. The van der Waals surface area contributed by atoms with Crippen LogP contribution in [0.4, 0.5) is 8.78 Å². The standard InChI is InChI=1S/C15H12F2N2S/c16-11-5-10(6-12(17)8-11)15(19-18)14-7-9-3-1-2-4-13(9)20-14/h1-8,15,19H,18H2. The summed E-state index contributed by atoms with van der Waals surface area (Å²) in [5.41, 5.74) is 3.10. The van der Waals surface area contributed by atoms with Crippen LogP contribution in [0.5, 0.6) is 0 Å². The van der Waals surface area contributed by atoms with Crippen LogP contribution in [0.3, 0.4) is 0 Å². The molecule has 3 rings (SSSR count). The lowest BCUT2D eigenvalue weighted by molar-refractivity contribution is 0.568. The molecule has 3 aromatic rings. The topological polar surface area (TPSA) is 38.0 Å². The quantitative estimate of drug-likeness (QED) is 0.570. The second-order valence-corrected chi connectivity index (χ2v) is 5.60. The van der Waals surface area contributed by atoms with Gasteiger partial charge in [-0.25, -0.2) is 14.2 Å². The minimum Gasteiger partial charge on any atom is -0.271 e.